The number of benzene rings is 1. The van der Waals surface area contributed by atoms with Crippen molar-refractivity contribution in [3.05, 3.63) is 29.8 Å². The average molecular weight is 320 g/mol. The first-order chi connectivity index (χ1) is 10.9. The highest BCUT2D eigenvalue weighted by Gasteiger charge is 2.20. The fourth-order valence-corrected chi connectivity index (χ4v) is 1.81. The van der Waals surface area contributed by atoms with Crippen LogP contribution < -0.4 is 20.7 Å². The molecule has 0 aliphatic rings. The van der Waals surface area contributed by atoms with Crippen LogP contribution in [0.25, 0.3) is 0 Å². The zero-order valence-electron chi connectivity index (χ0n) is 14.7. The van der Waals surface area contributed by atoms with Gasteiger partial charge in [-0.3, -0.25) is 9.79 Å². The molecule has 0 spiro atoms. The molecule has 0 saturated carbocycles. The Hall–Kier alpha value is -2.24. The van der Waals surface area contributed by atoms with Crippen LogP contribution in [-0.2, 0) is 11.3 Å². The molecular weight excluding hydrogens is 292 g/mol. The smallest absolute Gasteiger partial charge is 0.225 e. The van der Waals surface area contributed by atoms with Crippen molar-refractivity contribution in [1.82, 2.24) is 16.0 Å². The Morgan fingerprint density at radius 1 is 1.17 bits per heavy atom. The highest BCUT2D eigenvalue weighted by molar-refractivity contribution is 5.81. The van der Waals surface area contributed by atoms with E-state index in [0.717, 1.165) is 11.3 Å². The van der Waals surface area contributed by atoms with Gasteiger partial charge in [0.1, 0.15) is 5.75 Å². The number of nitrogens with zero attached hydrogens (tertiary/aromatic N) is 1. The number of nitrogens with one attached hydrogen (secondary N) is 3. The first-order valence-electron chi connectivity index (χ1n) is 7.72. The minimum atomic E-state index is -0.369. The Morgan fingerprint density at radius 2 is 1.87 bits per heavy atom. The van der Waals surface area contributed by atoms with Gasteiger partial charge in [0.25, 0.3) is 0 Å². The van der Waals surface area contributed by atoms with Crippen molar-refractivity contribution < 1.29 is 9.53 Å². The van der Waals surface area contributed by atoms with Gasteiger partial charge in [0.15, 0.2) is 5.96 Å². The SMILES string of the molecule is CN=C(NCCNC(=O)C(C)(C)C)NCc1cccc(OC)c1. The molecule has 0 aliphatic carbocycles. The monoisotopic (exact) mass is 320 g/mol. The normalized spacial score (nSPS) is 11.8. The molecule has 3 N–H and O–H groups in total. The van der Waals surface area contributed by atoms with Crippen molar-refractivity contribution in [1.29, 1.82) is 0 Å². The van der Waals surface area contributed by atoms with E-state index in [1.165, 1.54) is 0 Å². The van der Waals surface area contributed by atoms with E-state index in [4.69, 9.17) is 4.74 Å². The average Bonchev–Trinajstić information content (AvgIpc) is 2.53. The fourth-order valence-electron chi connectivity index (χ4n) is 1.81. The van der Waals surface area contributed by atoms with Gasteiger partial charge in [0, 0.05) is 32.1 Å². The lowest BCUT2D eigenvalue weighted by atomic mass is 9.96. The van der Waals surface area contributed by atoms with Crippen LogP contribution in [0, 0.1) is 5.41 Å². The second kappa shape index (κ2) is 9.02. The van der Waals surface area contributed by atoms with Crippen molar-refractivity contribution in [3.8, 4) is 5.75 Å². The highest BCUT2D eigenvalue weighted by atomic mass is 16.5. The molecule has 6 heteroatoms. The number of amides is 1. The molecule has 0 heterocycles. The number of ether oxygens (including phenoxy) is 1. The summed E-state index contributed by atoms with van der Waals surface area (Å²) in [6, 6.07) is 7.86. The third-order valence-electron chi connectivity index (χ3n) is 3.20. The zero-order valence-corrected chi connectivity index (χ0v) is 14.7. The third kappa shape index (κ3) is 7.04. The summed E-state index contributed by atoms with van der Waals surface area (Å²) >= 11 is 0. The maximum atomic E-state index is 11.8. The Labute approximate surface area is 138 Å². The van der Waals surface area contributed by atoms with E-state index in [1.54, 1.807) is 14.2 Å². The Bertz CT molecular complexity index is 536. The van der Waals surface area contributed by atoms with E-state index < -0.39 is 0 Å². The molecule has 1 aromatic rings. The minimum Gasteiger partial charge on any atom is -0.497 e. The minimum absolute atomic E-state index is 0.0404. The summed E-state index contributed by atoms with van der Waals surface area (Å²) in [4.78, 5) is 15.9. The van der Waals surface area contributed by atoms with Crippen LogP contribution in [0.3, 0.4) is 0 Å². The molecule has 0 atom stereocenters. The first-order valence-corrected chi connectivity index (χ1v) is 7.72. The lowest BCUT2D eigenvalue weighted by Crippen LogP contribution is -2.43. The molecule has 0 radical (unpaired) electrons. The van der Waals surface area contributed by atoms with E-state index in [0.29, 0.717) is 25.6 Å². The number of methoxy groups -OCH3 is 1. The van der Waals surface area contributed by atoms with Crippen LogP contribution >= 0.6 is 0 Å². The number of rotatable bonds is 6. The summed E-state index contributed by atoms with van der Waals surface area (Å²) < 4.78 is 5.20. The third-order valence-corrected chi connectivity index (χ3v) is 3.20. The fraction of sp³-hybridized carbons (Fsp3) is 0.529. The van der Waals surface area contributed by atoms with E-state index in [1.807, 2.05) is 45.0 Å². The van der Waals surface area contributed by atoms with Gasteiger partial charge in [0.05, 0.1) is 7.11 Å². The predicted octanol–water partition coefficient (Wildman–Crippen LogP) is 1.52. The largest absolute Gasteiger partial charge is 0.497 e. The second-order valence-corrected chi connectivity index (χ2v) is 6.21. The molecule has 0 bridgehead atoms. The first kappa shape index (κ1) is 18.8. The van der Waals surface area contributed by atoms with Crippen molar-refractivity contribution in [2.75, 3.05) is 27.2 Å². The van der Waals surface area contributed by atoms with Crippen LogP contribution in [0.15, 0.2) is 29.3 Å². The number of hydrogen-bond acceptors (Lipinski definition) is 3. The predicted molar refractivity (Wildman–Crippen MR) is 93.7 cm³/mol. The molecule has 0 aromatic heterocycles. The van der Waals surface area contributed by atoms with Crippen molar-refractivity contribution in [3.63, 3.8) is 0 Å². The maximum Gasteiger partial charge on any atom is 0.225 e. The Kier molecular flexibility index (Phi) is 7.38. The molecule has 1 amide bonds. The van der Waals surface area contributed by atoms with Crippen molar-refractivity contribution in [2.45, 2.75) is 27.3 Å². The Morgan fingerprint density at radius 3 is 2.48 bits per heavy atom. The van der Waals surface area contributed by atoms with Crippen LogP contribution in [0.4, 0.5) is 0 Å². The Balaban J connectivity index is 2.33. The summed E-state index contributed by atoms with van der Waals surface area (Å²) in [5.41, 5.74) is 0.736. The maximum absolute atomic E-state index is 11.8. The lowest BCUT2D eigenvalue weighted by Gasteiger charge is -2.18. The van der Waals surface area contributed by atoms with E-state index in [9.17, 15) is 4.79 Å². The van der Waals surface area contributed by atoms with Gasteiger partial charge in [-0.15, -0.1) is 0 Å². The molecule has 1 rings (SSSR count). The van der Waals surface area contributed by atoms with Crippen LogP contribution in [0.1, 0.15) is 26.3 Å². The summed E-state index contributed by atoms with van der Waals surface area (Å²) in [5, 5.41) is 9.28. The number of hydrogen-bond donors (Lipinski definition) is 3. The van der Waals surface area contributed by atoms with Gasteiger partial charge in [-0.25, -0.2) is 0 Å². The molecule has 0 fully saturated rings. The molecule has 23 heavy (non-hydrogen) atoms. The van der Waals surface area contributed by atoms with Crippen molar-refractivity contribution >= 4 is 11.9 Å². The number of carbonyl (C=O) groups is 1. The molecule has 6 nitrogen and oxygen atoms in total. The molecule has 0 saturated heterocycles. The number of guanidine groups is 1. The van der Waals surface area contributed by atoms with Gasteiger partial charge in [-0.2, -0.15) is 0 Å². The summed E-state index contributed by atoms with van der Waals surface area (Å²) in [6.07, 6.45) is 0. The van der Waals surface area contributed by atoms with Gasteiger partial charge < -0.3 is 20.7 Å². The van der Waals surface area contributed by atoms with Crippen LogP contribution in [0.2, 0.25) is 0 Å². The van der Waals surface area contributed by atoms with Gasteiger partial charge in [-0.1, -0.05) is 32.9 Å². The topological polar surface area (TPSA) is 74.8 Å². The molecular formula is C17H28N4O2. The van der Waals surface area contributed by atoms with E-state index >= 15 is 0 Å². The highest BCUT2D eigenvalue weighted by Crippen LogP contribution is 2.12. The van der Waals surface area contributed by atoms with E-state index in [-0.39, 0.29) is 11.3 Å². The van der Waals surface area contributed by atoms with E-state index in [2.05, 4.69) is 20.9 Å². The lowest BCUT2D eigenvalue weighted by molar-refractivity contribution is -0.128. The summed E-state index contributed by atoms with van der Waals surface area (Å²) in [5.74, 6) is 1.56. The summed E-state index contributed by atoms with van der Waals surface area (Å²) in [7, 11) is 3.37. The van der Waals surface area contributed by atoms with Gasteiger partial charge in [0.2, 0.25) is 5.91 Å². The van der Waals surface area contributed by atoms with Gasteiger partial charge in [-0.05, 0) is 17.7 Å². The zero-order chi connectivity index (χ0) is 17.3. The standard InChI is InChI=1S/C17H28N4O2/c1-17(2,3)15(22)19-9-10-20-16(18-4)21-12-13-7-6-8-14(11-13)23-5/h6-8,11H,9-10,12H2,1-5H3,(H,19,22)(H2,18,20,21). The van der Waals surface area contributed by atoms with Gasteiger partial charge >= 0.3 is 0 Å². The number of aliphatic imine (C=N–C) groups is 1. The second-order valence-electron chi connectivity index (χ2n) is 6.21. The van der Waals surface area contributed by atoms with Crippen LogP contribution in [0.5, 0.6) is 5.75 Å². The quantitative estimate of drug-likeness (QED) is 0.422. The number of carbonyl (C=O) groups excluding carboxylic acids is 1. The van der Waals surface area contributed by atoms with Crippen LogP contribution in [-0.4, -0.2) is 39.1 Å². The van der Waals surface area contributed by atoms with Crippen molar-refractivity contribution in [2.24, 2.45) is 10.4 Å². The molecule has 128 valence electrons. The molecule has 0 aliphatic heterocycles. The summed E-state index contributed by atoms with van der Waals surface area (Å²) in [6.45, 7) is 7.49. The molecule has 1 aromatic carbocycles. The molecule has 0 unspecified atom stereocenters.